The van der Waals surface area contributed by atoms with Crippen LogP contribution in [0.25, 0.3) is 0 Å². The van der Waals surface area contributed by atoms with Gasteiger partial charge in [-0.2, -0.15) is 0 Å². The van der Waals surface area contributed by atoms with Gasteiger partial charge >= 0.3 is 0 Å². The summed E-state index contributed by atoms with van der Waals surface area (Å²) in [6.07, 6.45) is 2.29. The lowest BCUT2D eigenvalue weighted by atomic mass is 9.97. The Hall–Kier alpha value is -1.25. The van der Waals surface area contributed by atoms with Crippen LogP contribution in [-0.4, -0.2) is 11.4 Å². The molecule has 0 spiro atoms. The third-order valence-electron chi connectivity index (χ3n) is 3.58. The maximum atomic E-state index is 10.3. The first-order valence-electron chi connectivity index (χ1n) is 7.01. The Bertz CT molecular complexity index is 528. The Morgan fingerprint density at radius 3 is 1.95 bits per heavy atom. The lowest BCUT2D eigenvalue weighted by molar-refractivity contribution is 0.178. The van der Waals surface area contributed by atoms with E-state index in [2.05, 4.69) is 56.5 Å². The zero-order valence-electron chi connectivity index (χ0n) is 12.3. The van der Waals surface area contributed by atoms with E-state index in [4.69, 9.17) is 0 Å². The molecule has 0 aliphatic rings. The van der Waals surface area contributed by atoms with Gasteiger partial charge in [0, 0.05) is 11.3 Å². The molecule has 1 atom stereocenters. The number of thioether (sulfide) groups is 1. The first-order chi connectivity index (χ1) is 9.60. The highest BCUT2D eigenvalue weighted by atomic mass is 32.2. The van der Waals surface area contributed by atoms with Crippen molar-refractivity contribution in [2.75, 3.05) is 6.26 Å². The van der Waals surface area contributed by atoms with Gasteiger partial charge in [-0.05, 0) is 41.0 Å². The lowest BCUT2D eigenvalue weighted by Gasteiger charge is -2.12. The van der Waals surface area contributed by atoms with Crippen molar-refractivity contribution in [2.45, 2.75) is 37.2 Å². The highest BCUT2D eigenvalue weighted by Gasteiger charge is 2.09. The molecular formula is C18H22OS. The van der Waals surface area contributed by atoms with Crippen LogP contribution in [0, 0.1) is 0 Å². The van der Waals surface area contributed by atoms with Gasteiger partial charge in [0.15, 0.2) is 0 Å². The van der Waals surface area contributed by atoms with Crippen LogP contribution in [0.15, 0.2) is 53.4 Å². The van der Waals surface area contributed by atoms with Crippen LogP contribution < -0.4 is 0 Å². The first kappa shape index (κ1) is 15.1. The third-order valence-corrected chi connectivity index (χ3v) is 4.32. The van der Waals surface area contributed by atoms with Crippen molar-refractivity contribution in [2.24, 2.45) is 0 Å². The van der Waals surface area contributed by atoms with Crippen molar-refractivity contribution in [3.05, 3.63) is 65.2 Å². The molecule has 0 saturated carbocycles. The summed E-state index contributed by atoms with van der Waals surface area (Å²) >= 11 is 1.72. The Kier molecular flexibility index (Phi) is 5.27. The van der Waals surface area contributed by atoms with Gasteiger partial charge < -0.3 is 5.11 Å². The molecule has 0 aromatic heterocycles. The Morgan fingerprint density at radius 1 is 0.900 bits per heavy atom. The number of benzene rings is 2. The molecule has 0 aliphatic heterocycles. The second kappa shape index (κ2) is 6.96. The Labute approximate surface area is 126 Å². The number of aliphatic hydroxyl groups excluding tert-OH is 1. The summed E-state index contributed by atoms with van der Waals surface area (Å²) in [6, 6.07) is 16.7. The van der Waals surface area contributed by atoms with E-state index in [1.54, 1.807) is 11.8 Å². The summed E-state index contributed by atoms with van der Waals surface area (Å²) in [7, 11) is 0. The maximum Gasteiger partial charge on any atom is 0.0830 e. The van der Waals surface area contributed by atoms with Gasteiger partial charge in [-0.1, -0.05) is 50.2 Å². The predicted molar refractivity (Wildman–Crippen MR) is 87.4 cm³/mol. The molecule has 0 amide bonds. The highest BCUT2D eigenvalue weighted by molar-refractivity contribution is 7.98. The van der Waals surface area contributed by atoms with Gasteiger partial charge in [0.1, 0.15) is 0 Å². The molecule has 2 rings (SSSR count). The topological polar surface area (TPSA) is 20.2 Å². The average molecular weight is 286 g/mol. The number of rotatable bonds is 5. The van der Waals surface area contributed by atoms with Crippen molar-refractivity contribution < 1.29 is 5.11 Å². The SMILES string of the molecule is CSc1ccc(C(O)Cc2ccc(C(C)C)cc2)cc1. The molecule has 1 N–H and O–H groups in total. The van der Waals surface area contributed by atoms with Gasteiger partial charge in [-0.3, -0.25) is 0 Å². The quantitative estimate of drug-likeness (QED) is 0.796. The van der Waals surface area contributed by atoms with Crippen LogP contribution in [0.3, 0.4) is 0 Å². The summed E-state index contributed by atoms with van der Waals surface area (Å²) in [5.41, 5.74) is 3.50. The number of hydrogen-bond donors (Lipinski definition) is 1. The van der Waals surface area contributed by atoms with Gasteiger partial charge in [-0.15, -0.1) is 11.8 Å². The van der Waals surface area contributed by atoms with E-state index in [-0.39, 0.29) is 0 Å². The molecule has 2 aromatic carbocycles. The van der Waals surface area contributed by atoms with Crippen LogP contribution in [-0.2, 0) is 6.42 Å². The van der Waals surface area contributed by atoms with Crippen molar-refractivity contribution in [3.8, 4) is 0 Å². The number of hydrogen-bond acceptors (Lipinski definition) is 2. The molecule has 1 unspecified atom stereocenters. The van der Waals surface area contributed by atoms with Gasteiger partial charge in [0.05, 0.1) is 6.10 Å². The van der Waals surface area contributed by atoms with Crippen molar-refractivity contribution >= 4 is 11.8 Å². The fourth-order valence-corrected chi connectivity index (χ4v) is 2.61. The average Bonchev–Trinajstić information content (AvgIpc) is 2.48. The zero-order valence-corrected chi connectivity index (χ0v) is 13.2. The molecule has 0 heterocycles. The largest absolute Gasteiger partial charge is 0.388 e. The summed E-state index contributed by atoms with van der Waals surface area (Å²) < 4.78 is 0. The van der Waals surface area contributed by atoms with Crippen LogP contribution >= 0.6 is 11.8 Å². The minimum atomic E-state index is -0.434. The maximum absolute atomic E-state index is 10.3. The Morgan fingerprint density at radius 2 is 1.45 bits per heavy atom. The van der Waals surface area contributed by atoms with E-state index < -0.39 is 6.10 Å². The predicted octanol–water partition coefficient (Wildman–Crippen LogP) is 4.81. The van der Waals surface area contributed by atoms with Crippen LogP contribution in [0.4, 0.5) is 0 Å². The fourth-order valence-electron chi connectivity index (χ4n) is 2.21. The second-order valence-corrected chi connectivity index (χ2v) is 6.27. The molecule has 0 bridgehead atoms. The monoisotopic (exact) mass is 286 g/mol. The summed E-state index contributed by atoms with van der Waals surface area (Å²) in [5.74, 6) is 0.549. The summed E-state index contributed by atoms with van der Waals surface area (Å²) in [4.78, 5) is 1.22. The molecule has 0 aliphatic carbocycles. The van der Waals surface area contributed by atoms with Crippen LogP contribution in [0.5, 0.6) is 0 Å². The first-order valence-corrected chi connectivity index (χ1v) is 8.23. The molecule has 20 heavy (non-hydrogen) atoms. The molecular weight excluding hydrogens is 264 g/mol. The Balaban J connectivity index is 2.04. The van der Waals surface area contributed by atoms with Crippen LogP contribution in [0.1, 0.15) is 42.6 Å². The standard InChI is InChI=1S/C18H22OS/c1-13(2)15-6-4-14(5-7-15)12-18(19)16-8-10-17(20-3)11-9-16/h4-11,13,18-19H,12H2,1-3H3. The fraction of sp³-hybridized carbons (Fsp3) is 0.333. The van der Waals surface area contributed by atoms with E-state index in [9.17, 15) is 5.11 Å². The molecule has 106 valence electrons. The summed E-state index contributed by atoms with van der Waals surface area (Å²) in [6.45, 7) is 4.38. The molecule has 0 saturated heterocycles. The van der Waals surface area contributed by atoms with E-state index in [0.717, 1.165) is 5.56 Å². The highest BCUT2D eigenvalue weighted by Crippen LogP contribution is 2.23. The van der Waals surface area contributed by atoms with E-state index >= 15 is 0 Å². The van der Waals surface area contributed by atoms with E-state index in [0.29, 0.717) is 12.3 Å². The van der Waals surface area contributed by atoms with Gasteiger partial charge in [0.2, 0.25) is 0 Å². The minimum Gasteiger partial charge on any atom is -0.388 e. The molecule has 2 heteroatoms. The zero-order chi connectivity index (χ0) is 14.5. The van der Waals surface area contributed by atoms with Crippen LogP contribution in [0.2, 0.25) is 0 Å². The van der Waals surface area contributed by atoms with E-state index in [1.807, 2.05) is 12.1 Å². The second-order valence-electron chi connectivity index (χ2n) is 5.39. The smallest absolute Gasteiger partial charge is 0.0830 e. The summed E-state index contributed by atoms with van der Waals surface area (Å²) in [5, 5.41) is 10.3. The van der Waals surface area contributed by atoms with Crippen molar-refractivity contribution in [1.82, 2.24) is 0 Å². The van der Waals surface area contributed by atoms with Gasteiger partial charge in [0.25, 0.3) is 0 Å². The molecule has 1 nitrogen and oxygen atoms in total. The number of aliphatic hydroxyl groups is 1. The third kappa shape index (κ3) is 3.87. The minimum absolute atomic E-state index is 0.434. The normalized spacial score (nSPS) is 12.7. The molecule has 0 radical (unpaired) electrons. The van der Waals surface area contributed by atoms with Crippen molar-refractivity contribution in [3.63, 3.8) is 0 Å². The lowest BCUT2D eigenvalue weighted by Crippen LogP contribution is -2.02. The molecule has 0 fully saturated rings. The van der Waals surface area contributed by atoms with Crippen molar-refractivity contribution in [1.29, 1.82) is 0 Å². The van der Waals surface area contributed by atoms with E-state index in [1.165, 1.54) is 16.0 Å². The molecule has 2 aromatic rings. The van der Waals surface area contributed by atoms with Gasteiger partial charge in [-0.25, -0.2) is 0 Å².